The number of hydrogen-bond donors (Lipinski definition) is 2. The summed E-state index contributed by atoms with van der Waals surface area (Å²) in [6.07, 6.45) is 7.53. The third kappa shape index (κ3) is 0.829. The van der Waals surface area contributed by atoms with Crippen molar-refractivity contribution in [1.29, 1.82) is 0 Å². The summed E-state index contributed by atoms with van der Waals surface area (Å²) in [5.41, 5.74) is -0.277. The molecular formula is C14H20OS. The summed E-state index contributed by atoms with van der Waals surface area (Å²) in [5, 5.41) is 10.8. The molecule has 0 spiro atoms. The Bertz CT molecular complexity index is 357. The predicted octanol–water partition coefficient (Wildman–Crippen LogP) is 2.49. The lowest BCUT2D eigenvalue weighted by atomic mass is 9.34. The third-order valence-electron chi connectivity index (χ3n) is 7.02. The summed E-state index contributed by atoms with van der Waals surface area (Å²) < 4.78 is 0.320. The average molecular weight is 236 g/mol. The maximum Gasteiger partial charge on any atom is 0.0656 e. The van der Waals surface area contributed by atoms with Crippen LogP contribution in [0, 0.1) is 35.5 Å². The molecule has 8 bridgehead atoms. The van der Waals surface area contributed by atoms with Crippen LogP contribution in [0.15, 0.2) is 0 Å². The van der Waals surface area contributed by atoms with Crippen LogP contribution in [-0.2, 0) is 0 Å². The molecule has 0 radical (unpaired) electrons. The van der Waals surface area contributed by atoms with Gasteiger partial charge in [0.15, 0.2) is 0 Å². The number of hydrogen-bond acceptors (Lipinski definition) is 2. The largest absolute Gasteiger partial charge is 0.390 e. The summed E-state index contributed by atoms with van der Waals surface area (Å²) in [6, 6.07) is 0. The number of thiol groups is 1. The molecule has 0 aliphatic heterocycles. The molecular weight excluding hydrogens is 216 g/mol. The topological polar surface area (TPSA) is 20.2 Å². The molecule has 6 unspecified atom stereocenters. The van der Waals surface area contributed by atoms with Gasteiger partial charge in [0.25, 0.3) is 0 Å². The first-order valence-corrected chi connectivity index (χ1v) is 7.48. The lowest BCUT2D eigenvalue weighted by molar-refractivity contribution is -0.246. The van der Waals surface area contributed by atoms with Gasteiger partial charge < -0.3 is 5.11 Å². The van der Waals surface area contributed by atoms with Crippen LogP contribution in [0.4, 0.5) is 0 Å². The van der Waals surface area contributed by atoms with E-state index < -0.39 is 0 Å². The highest BCUT2D eigenvalue weighted by Gasteiger charge is 2.70. The second-order valence-electron chi connectivity index (χ2n) is 7.62. The fourth-order valence-corrected chi connectivity index (χ4v) is 7.60. The van der Waals surface area contributed by atoms with E-state index in [1.165, 1.54) is 19.3 Å². The van der Waals surface area contributed by atoms with Gasteiger partial charge in [0, 0.05) is 4.75 Å². The zero-order valence-corrected chi connectivity index (χ0v) is 10.5. The summed E-state index contributed by atoms with van der Waals surface area (Å²) in [7, 11) is 0. The van der Waals surface area contributed by atoms with Gasteiger partial charge in [-0.15, -0.1) is 0 Å². The second-order valence-corrected chi connectivity index (χ2v) is 8.51. The van der Waals surface area contributed by atoms with Crippen molar-refractivity contribution >= 4 is 12.6 Å². The lowest BCUT2D eigenvalue weighted by Gasteiger charge is -2.74. The molecule has 1 N–H and O–H groups in total. The number of rotatable bonds is 0. The van der Waals surface area contributed by atoms with Gasteiger partial charge in [0.05, 0.1) is 5.60 Å². The summed E-state index contributed by atoms with van der Waals surface area (Å²) >= 11 is 5.09. The molecule has 7 fully saturated rings. The van der Waals surface area contributed by atoms with Crippen LogP contribution in [0.2, 0.25) is 0 Å². The van der Waals surface area contributed by atoms with E-state index in [1.54, 1.807) is 0 Å². The van der Waals surface area contributed by atoms with Gasteiger partial charge in [-0.05, 0) is 74.0 Å². The Balaban J connectivity index is 1.73. The SMILES string of the molecule is OC12CC3C4C(C1)[C@H]1C[C@@H]3CC(S)(C1)C4C2. The van der Waals surface area contributed by atoms with Crippen molar-refractivity contribution in [2.45, 2.75) is 48.9 Å². The Morgan fingerprint density at radius 2 is 1.56 bits per heavy atom. The highest BCUT2D eigenvalue weighted by Crippen LogP contribution is 2.74. The first-order chi connectivity index (χ1) is 7.58. The van der Waals surface area contributed by atoms with Gasteiger partial charge in [-0.2, -0.15) is 12.6 Å². The van der Waals surface area contributed by atoms with Gasteiger partial charge in [-0.25, -0.2) is 0 Å². The molecule has 7 rings (SSSR count). The summed E-state index contributed by atoms with van der Waals surface area (Å²) in [6.45, 7) is 0. The van der Waals surface area contributed by atoms with E-state index in [2.05, 4.69) is 0 Å². The molecule has 7 saturated carbocycles. The van der Waals surface area contributed by atoms with E-state index in [4.69, 9.17) is 12.6 Å². The molecule has 0 saturated heterocycles. The highest BCUT2D eigenvalue weighted by molar-refractivity contribution is 7.81. The second kappa shape index (κ2) is 2.38. The zero-order chi connectivity index (χ0) is 10.7. The first kappa shape index (κ1) is 9.27. The van der Waals surface area contributed by atoms with Crippen molar-refractivity contribution in [1.82, 2.24) is 0 Å². The summed E-state index contributed by atoms with van der Waals surface area (Å²) in [5.74, 6) is 5.30. The van der Waals surface area contributed by atoms with E-state index in [1.807, 2.05) is 0 Å². The Morgan fingerprint density at radius 3 is 2.19 bits per heavy atom. The van der Waals surface area contributed by atoms with Crippen molar-refractivity contribution in [3.8, 4) is 0 Å². The van der Waals surface area contributed by atoms with Gasteiger partial charge in [0.2, 0.25) is 0 Å². The fraction of sp³-hybridized carbons (Fsp3) is 1.00. The Morgan fingerprint density at radius 1 is 0.938 bits per heavy atom. The minimum absolute atomic E-state index is 0.277. The number of aliphatic hydroxyl groups is 1. The third-order valence-corrected chi connectivity index (χ3v) is 7.72. The molecule has 2 heteroatoms. The van der Waals surface area contributed by atoms with Crippen molar-refractivity contribution in [2.75, 3.05) is 0 Å². The molecule has 7 aliphatic rings. The van der Waals surface area contributed by atoms with Crippen LogP contribution in [0.1, 0.15) is 38.5 Å². The van der Waals surface area contributed by atoms with Crippen LogP contribution in [-0.4, -0.2) is 15.5 Å². The van der Waals surface area contributed by atoms with Crippen LogP contribution >= 0.6 is 12.6 Å². The molecule has 0 amide bonds. The zero-order valence-electron chi connectivity index (χ0n) is 9.60. The maximum absolute atomic E-state index is 10.8. The summed E-state index contributed by atoms with van der Waals surface area (Å²) in [4.78, 5) is 0. The van der Waals surface area contributed by atoms with Gasteiger partial charge in [-0.3, -0.25) is 0 Å². The molecule has 7 aliphatic carbocycles. The van der Waals surface area contributed by atoms with E-state index in [9.17, 15) is 5.11 Å². The molecule has 0 aromatic rings. The van der Waals surface area contributed by atoms with Gasteiger partial charge in [-0.1, -0.05) is 0 Å². The van der Waals surface area contributed by atoms with Gasteiger partial charge in [0.1, 0.15) is 0 Å². The molecule has 0 aromatic carbocycles. The standard InChI is InChI=1S/C14H20OS/c15-13-4-9-7-1-8-3-14(16,2-7)11(6-13)12(9)10(8)5-13/h7-12,15-16H,1-6H2/t7-,8+,9?,10?,11?,12?,13?,14?. The fourth-order valence-electron chi connectivity index (χ4n) is 6.87. The molecule has 0 aromatic heterocycles. The Kier molecular flexibility index (Phi) is 1.38. The average Bonchev–Trinajstić information content (AvgIpc) is 2.23. The quantitative estimate of drug-likeness (QED) is 0.619. The lowest BCUT2D eigenvalue weighted by Crippen LogP contribution is -2.71. The monoisotopic (exact) mass is 236 g/mol. The van der Waals surface area contributed by atoms with E-state index in [0.717, 1.165) is 54.8 Å². The van der Waals surface area contributed by atoms with Crippen LogP contribution in [0.25, 0.3) is 0 Å². The van der Waals surface area contributed by atoms with E-state index in [-0.39, 0.29) is 5.60 Å². The van der Waals surface area contributed by atoms with Crippen molar-refractivity contribution < 1.29 is 5.11 Å². The van der Waals surface area contributed by atoms with Crippen LogP contribution in [0.5, 0.6) is 0 Å². The minimum Gasteiger partial charge on any atom is -0.390 e. The smallest absolute Gasteiger partial charge is 0.0656 e. The normalized spacial score (nSPS) is 73.9. The van der Waals surface area contributed by atoms with E-state index in [0.29, 0.717) is 4.75 Å². The Labute approximate surface area is 102 Å². The Hall–Kier alpha value is 0.310. The van der Waals surface area contributed by atoms with Gasteiger partial charge >= 0.3 is 0 Å². The molecule has 8 atom stereocenters. The van der Waals surface area contributed by atoms with Crippen molar-refractivity contribution in [3.05, 3.63) is 0 Å². The predicted molar refractivity (Wildman–Crippen MR) is 65.3 cm³/mol. The van der Waals surface area contributed by atoms with Crippen LogP contribution in [0.3, 0.4) is 0 Å². The molecule has 0 heterocycles. The maximum atomic E-state index is 10.8. The van der Waals surface area contributed by atoms with E-state index >= 15 is 0 Å². The minimum atomic E-state index is -0.277. The molecule has 16 heavy (non-hydrogen) atoms. The molecule has 88 valence electrons. The first-order valence-electron chi connectivity index (χ1n) is 7.03. The van der Waals surface area contributed by atoms with Crippen molar-refractivity contribution in [2.24, 2.45) is 35.5 Å². The van der Waals surface area contributed by atoms with Crippen molar-refractivity contribution in [3.63, 3.8) is 0 Å². The highest BCUT2D eigenvalue weighted by atomic mass is 32.1. The molecule has 1 nitrogen and oxygen atoms in total. The van der Waals surface area contributed by atoms with Crippen LogP contribution < -0.4 is 0 Å².